The highest BCUT2D eigenvalue weighted by Crippen LogP contribution is 2.31. The molecule has 0 aliphatic rings. The molecule has 1 N–H and O–H groups in total. The van der Waals surface area contributed by atoms with E-state index in [0.29, 0.717) is 0 Å². The van der Waals surface area contributed by atoms with Crippen LogP contribution in [0.4, 0.5) is 0 Å². The van der Waals surface area contributed by atoms with Gasteiger partial charge in [-0.25, -0.2) is 0 Å². The summed E-state index contributed by atoms with van der Waals surface area (Å²) in [7, 11) is 4.65. The van der Waals surface area contributed by atoms with Gasteiger partial charge in [0.1, 0.15) is 0 Å². The van der Waals surface area contributed by atoms with E-state index < -0.39 is 53.5 Å². The summed E-state index contributed by atoms with van der Waals surface area (Å²) in [6.07, 6.45) is 0.549. The highest BCUT2D eigenvalue weighted by atomic mass is 16.5. The average Bonchev–Trinajstić information content (AvgIpc) is 2.71. The zero-order chi connectivity index (χ0) is 22.6. The normalized spacial score (nSPS) is 13.7. The third kappa shape index (κ3) is 8.49. The van der Waals surface area contributed by atoms with Gasteiger partial charge in [-0.05, 0) is 31.6 Å². The van der Waals surface area contributed by atoms with Crippen LogP contribution in [0, 0.1) is 23.7 Å². The molecule has 166 valence electrons. The zero-order valence-corrected chi connectivity index (χ0v) is 17.5. The van der Waals surface area contributed by atoms with E-state index in [1.807, 2.05) is 0 Å². The molecule has 0 rings (SSSR count). The first kappa shape index (κ1) is 26.4. The SMILES string of the molecule is COC(=O)C(C)C(CCC(CCCC(=O)O)C(C(=O)OC)C(=O)OC)C(=O)OC. The molecule has 0 amide bonds. The van der Waals surface area contributed by atoms with Gasteiger partial charge >= 0.3 is 29.8 Å². The Hall–Kier alpha value is -2.65. The van der Waals surface area contributed by atoms with Gasteiger partial charge in [0.05, 0.1) is 40.3 Å². The summed E-state index contributed by atoms with van der Waals surface area (Å²) >= 11 is 0. The van der Waals surface area contributed by atoms with E-state index >= 15 is 0 Å². The maximum Gasteiger partial charge on any atom is 0.320 e. The number of carboxylic acids is 1. The van der Waals surface area contributed by atoms with Gasteiger partial charge in [-0.3, -0.25) is 24.0 Å². The van der Waals surface area contributed by atoms with Crippen LogP contribution >= 0.6 is 0 Å². The molecule has 0 saturated carbocycles. The quantitative estimate of drug-likeness (QED) is 0.263. The Morgan fingerprint density at radius 3 is 1.62 bits per heavy atom. The maximum absolute atomic E-state index is 12.2. The summed E-state index contributed by atoms with van der Waals surface area (Å²) < 4.78 is 18.8. The lowest BCUT2D eigenvalue weighted by atomic mass is 9.80. The fourth-order valence-corrected chi connectivity index (χ4v) is 3.20. The predicted molar refractivity (Wildman–Crippen MR) is 98.4 cm³/mol. The molecule has 0 aliphatic heterocycles. The number of carbonyl (C=O) groups is 5. The zero-order valence-electron chi connectivity index (χ0n) is 17.5. The minimum absolute atomic E-state index is 0.116. The van der Waals surface area contributed by atoms with Crippen LogP contribution in [0.15, 0.2) is 0 Å². The third-order valence-electron chi connectivity index (χ3n) is 4.88. The van der Waals surface area contributed by atoms with E-state index in [9.17, 15) is 24.0 Å². The van der Waals surface area contributed by atoms with Crippen molar-refractivity contribution >= 4 is 29.8 Å². The highest BCUT2D eigenvalue weighted by Gasteiger charge is 2.39. The van der Waals surface area contributed by atoms with Crippen molar-refractivity contribution in [1.82, 2.24) is 0 Å². The van der Waals surface area contributed by atoms with Crippen molar-refractivity contribution in [2.75, 3.05) is 28.4 Å². The topological polar surface area (TPSA) is 143 Å². The monoisotopic (exact) mass is 418 g/mol. The van der Waals surface area contributed by atoms with Gasteiger partial charge < -0.3 is 24.1 Å². The summed E-state index contributed by atoms with van der Waals surface area (Å²) in [6.45, 7) is 1.52. The molecule has 10 heteroatoms. The van der Waals surface area contributed by atoms with Gasteiger partial charge in [-0.15, -0.1) is 0 Å². The molecule has 0 radical (unpaired) electrons. The van der Waals surface area contributed by atoms with Crippen LogP contribution in [0.1, 0.15) is 39.0 Å². The van der Waals surface area contributed by atoms with E-state index in [1.165, 1.54) is 21.1 Å². The Bertz CT molecular complexity index is 570. The van der Waals surface area contributed by atoms with Crippen molar-refractivity contribution in [3.63, 3.8) is 0 Å². The van der Waals surface area contributed by atoms with E-state index in [1.54, 1.807) is 0 Å². The van der Waals surface area contributed by atoms with Crippen LogP contribution in [0.3, 0.4) is 0 Å². The number of ether oxygens (including phenoxy) is 4. The van der Waals surface area contributed by atoms with Crippen LogP contribution in [0.2, 0.25) is 0 Å². The summed E-state index contributed by atoms with van der Waals surface area (Å²) in [5, 5.41) is 8.86. The molecule has 0 bridgehead atoms. The van der Waals surface area contributed by atoms with Gasteiger partial charge in [0, 0.05) is 6.42 Å². The standard InChI is InChI=1S/C19H30O10/c1-11(16(22)26-2)13(17(23)27-3)10-9-12(7-6-8-14(20)21)15(18(24)28-4)19(25)29-5/h11-13,15H,6-10H2,1-5H3,(H,20,21). The Balaban J connectivity index is 5.59. The van der Waals surface area contributed by atoms with Gasteiger partial charge in [-0.2, -0.15) is 0 Å². The molecule has 10 nitrogen and oxygen atoms in total. The maximum atomic E-state index is 12.2. The number of esters is 4. The number of hydrogen-bond donors (Lipinski definition) is 1. The highest BCUT2D eigenvalue weighted by molar-refractivity contribution is 5.95. The molecule has 0 saturated heterocycles. The molecule has 0 aromatic rings. The van der Waals surface area contributed by atoms with Gasteiger partial charge in [0.2, 0.25) is 0 Å². The molecule has 0 spiro atoms. The van der Waals surface area contributed by atoms with E-state index in [0.717, 1.165) is 14.2 Å². The largest absolute Gasteiger partial charge is 0.481 e. The molecular weight excluding hydrogens is 388 g/mol. The average molecular weight is 418 g/mol. The number of rotatable bonds is 13. The lowest BCUT2D eigenvalue weighted by molar-refractivity contribution is -0.162. The van der Waals surface area contributed by atoms with E-state index in [2.05, 4.69) is 4.74 Å². The van der Waals surface area contributed by atoms with Crippen LogP contribution in [-0.4, -0.2) is 63.4 Å². The molecule has 0 aromatic heterocycles. The summed E-state index contributed by atoms with van der Waals surface area (Å²) in [5.74, 6) is -7.44. The molecule has 3 atom stereocenters. The number of hydrogen-bond acceptors (Lipinski definition) is 9. The molecule has 3 unspecified atom stereocenters. The molecule has 0 fully saturated rings. The minimum atomic E-state index is -1.27. The summed E-state index contributed by atoms with van der Waals surface area (Å²) in [6, 6.07) is 0. The molecule has 0 heterocycles. The van der Waals surface area contributed by atoms with E-state index in [-0.39, 0.29) is 32.1 Å². The van der Waals surface area contributed by atoms with Crippen LogP contribution < -0.4 is 0 Å². The van der Waals surface area contributed by atoms with Crippen molar-refractivity contribution in [1.29, 1.82) is 0 Å². The Kier molecular flexibility index (Phi) is 12.3. The number of carboxylic acid groups (broad SMARTS) is 1. The molecule has 0 aromatic carbocycles. The Morgan fingerprint density at radius 2 is 1.21 bits per heavy atom. The smallest absolute Gasteiger partial charge is 0.320 e. The number of carbonyl (C=O) groups excluding carboxylic acids is 4. The first-order chi connectivity index (χ1) is 13.6. The second-order valence-electron chi connectivity index (χ2n) is 6.59. The fourth-order valence-electron chi connectivity index (χ4n) is 3.20. The summed E-state index contributed by atoms with van der Waals surface area (Å²) in [5.41, 5.74) is 0. The minimum Gasteiger partial charge on any atom is -0.481 e. The van der Waals surface area contributed by atoms with Gasteiger partial charge in [0.15, 0.2) is 5.92 Å². The van der Waals surface area contributed by atoms with Crippen LogP contribution in [-0.2, 0) is 42.9 Å². The summed E-state index contributed by atoms with van der Waals surface area (Å²) in [4.78, 5) is 59.2. The van der Waals surface area contributed by atoms with Crippen molar-refractivity contribution in [2.45, 2.75) is 39.0 Å². The van der Waals surface area contributed by atoms with Crippen LogP contribution in [0.5, 0.6) is 0 Å². The van der Waals surface area contributed by atoms with Crippen molar-refractivity contribution in [3.05, 3.63) is 0 Å². The van der Waals surface area contributed by atoms with E-state index in [4.69, 9.17) is 19.3 Å². The van der Waals surface area contributed by atoms with Crippen LogP contribution in [0.25, 0.3) is 0 Å². The van der Waals surface area contributed by atoms with Crippen molar-refractivity contribution < 1.29 is 48.0 Å². The molecule has 29 heavy (non-hydrogen) atoms. The lowest BCUT2D eigenvalue weighted by Crippen LogP contribution is -2.35. The second kappa shape index (κ2) is 13.5. The number of methoxy groups -OCH3 is 4. The third-order valence-corrected chi connectivity index (χ3v) is 4.88. The van der Waals surface area contributed by atoms with Gasteiger partial charge in [0.25, 0.3) is 0 Å². The van der Waals surface area contributed by atoms with Gasteiger partial charge in [-0.1, -0.05) is 6.92 Å². The first-order valence-corrected chi connectivity index (χ1v) is 9.17. The lowest BCUT2D eigenvalue weighted by Gasteiger charge is -2.26. The second-order valence-corrected chi connectivity index (χ2v) is 6.59. The number of aliphatic carboxylic acids is 1. The first-order valence-electron chi connectivity index (χ1n) is 9.17. The predicted octanol–water partition coefficient (Wildman–Crippen LogP) is 1.20. The molecule has 0 aliphatic carbocycles. The van der Waals surface area contributed by atoms with Crippen molar-refractivity contribution in [3.8, 4) is 0 Å². The molecular formula is C19H30O10. The Labute approximate surface area is 169 Å². The Morgan fingerprint density at radius 1 is 0.724 bits per heavy atom. The van der Waals surface area contributed by atoms with Crippen molar-refractivity contribution in [2.24, 2.45) is 23.7 Å². The fraction of sp³-hybridized carbons (Fsp3) is 0.737.